The maximum Gasteiger partial charge on any atom is 0.0919 e. The lowest BCUT2D eigenvalue weighted by atomic mass is 9.63. The van der Waals surface area contributed by atoms with Crippen molar-refractivity contribution < 1.29 is 0 Å². The van der Waals surface area contributed by atoms with Crippen LogP contribution in [0.5, 0.6) is 0 Å². The second-order valence-electron chi connectivity index (χ2n) is 10.2. The van der Waals surface area contributed by atoms with Gasteiger partial charge < -0.3 is 5.32 Å². The quantitative estimate of drug-likeness (QED) is 0.503. The van der Waals surface area contributed by atoms with Gasteiger partial charge in [0.25, 0.3) is 0 Å². The van der Waals surface area contributed by atoms with E-state index in [0.29, 0.717) is 5.92 Å². The molecule has 0 aromatic rings. The summed E-state index contributed by atoms with van der Waals surface area (Å²) in [5.74, 6) is 4.20. The Labute approximate surface area is 169 Å². The van der Waals surface area contributed by atoms with Crippen molar-refractivity contribution in [2.24, 2.45) is 29.6 Å². The molecule has 0 aromatic heterocycles. The highest BCUT2D eigenvalue weighted by atomic mass is 14.9. The molecule has 0 bridgehead atoms. The first kappa shape index (κ1) is 19.8. The summed E-state index contributed by atoms with van der Waals surface area (Å²) in [4.78, 5) is 0. The molecule has 4 aliphatic rings. The van der Waals surface area contributed by atoms with E-state index < -0.39 is 0 Å². The van der Waals surface area contributed by atoms with E-state index in [4.69, 9.17) is 0 Å². The smallest absolute Gasteiger partial charge is 0.0919 e. The monoisotopic (exact) mass is 369 g/mol. The topological polar surface area (TPSA) is 12.0 Å². The van der Waals surface area contributed by atoms with Crippen molar-refractivity contribution in [1.82, 2.24) is 5.32 Å². The SMILES string of the molecule is [C]1NC=C(C2CCCCCC2)C(C2CCCCCC2)C1C1CCCCCC1. The molecule has 3 fully saturated rings. The van der Waals surface area contributed by atoms with Gasteiger partial charge in [-0.25, -0.2) is 0 Å². The zero-order valence-corrected chi connectivity index (χ0v) is 17.7. The zero-order chi connectivity index (χ0) is 18.3. The molecule has 2 atom stereocenters. The van der Waals surface area contributed by atoms with Crippen molar-refractivity contribution in [2.45, 2.75) is 116 Å². The molecule has 3 saturated carbocycles. The Balaban J connectivity index is 1.58. The Bertz CT molecular complexity index is 443. The molecule has 1 heteroatoms. The Hall–Kier alpha value is -0.460. The number of hydrogen-bond acceptors (Lipinski definition) is 1. The third-order valence-corrected chi connectivity index (χ3v) is 8.40. The van der Waals surface area contributed by atoms with Crippen LogP contribution in [0.3, 0.4) is 0 Å². The fourth-order valence-corrected chi connectivity index (χ4v) is 6.93. The molecule has 0 amide bonds. The first-order valence-electron chi connectivity index (χ1n) is 12.6. The van der Waals surface area contributed by atoms with Crippen LogP contribution >= 0.6 is 0 Å². The molecule has 4 rings (SSSR count). The number of rotatable bonds is 3. The van der Waals surface area contributed by atoms with Gasteiger partial charge in [-0.2, -0.15) is 0 Å². The Morgan fingerprint density at radius 1 is 0.593 bits per heavy atom. The number of nitrogens with one attached hydrogen (secondary N) is 1. The minimum atomic E-state index is 0.689. The lowest BCUT2D eigenvalue weighted by Crippen LogP contribution is -2.39. The molecule has 1 N–H and O–H groups in total. The predicted molar refractivity (Wildman–Crippen MR) is 115 cm³/mol. The lowest BCUT2D eigenvalue weighted by Gasteiger charge is -2.44. The molecule has 27 heavy (non-hydrogen) atoms. The second-order valence-corrected chi connectivity index (χ2v) is 10.2. The first-order valence-corrected chi connectivity index (χ1v) is 12.6. The van der Waals surface area contributed by atoms with Gasteiger partial charge in [0.2, 0.25) is 0 Å². The molecule has 1 heterocycles. The average molecular weight is 370 g/mol. The molecule has 3 aliphatic carbocycles. The van der Waals surface area contributed by atoms with Crippen LogP contribution in [0.15, 0.2) is 11.8 Å². The minimum absolute atomic E-state index is 0.689. The van der Waals surface area contributed by atoms with E-state index in [2.05, 4.69) is 18.1 Å². The van der Waals surface area contributed by atoms with Crippen LogP contribution in [-0.2, 0) is 0 Å². The molecule has 152 valence electrons. The summed E-state index contributed by atoms with van der Waals surface area (Å²) in [7, 11) is 0. The Morgan fingerprint density at radius 2 is 1.07 bits per heavy atom. The van der Waals surface area contributed by atoms with Crippen molar-refractivity contribution in [3.8, 4) is 0 Å². The lowest BCUT2D eigenvalue weighted by molar-refractivity contribution is 0.161. The standard InChI is InChI=1S/C26H43N/c1-2-8-14-21(13-7-1)24-19-27-20-25(22-15-9-3-4-10-16-22)26(24)23-17-11-5-6-12-18-23/h19,21-23,25-27H,1-18H2. The van der Waals surface area contributed by atoms with Crippen molar-refractivity contribution in [2.75, 3.05) is 0 Å². The van der Waals surface area contributed by atoms with Crippen molar-refractivity contribution in [3.05, 3.63) is 18.3 Å². The summed E-state index contributed by atoms with van der Waals surface area (Å²) in [5, 5.41) is 3.59. The predicted octanol–water partition coefficient (Wildman–Crippen LogP) is 7.66. The molecule has 1 nitrogen and oxygen atoms in total. The summed E-state index contributed by atoms with van der Waals surface area (Å²) in [5.41, 5.74) is 1.84. The van der Waals surface area contributed by atoms with E-state index in [1.807, 2.05) is 5.57 Å². The third kappa shape index (κ3) is 5.13. The van der Waals surface area contributed by atoms with Crippen molar-refractivity contribution >= 4 is 0 Å². The van der Waals surface area contributed by atoms with Crippen LogP contribution < -0.4 is 5.32 Å². The molecule has 0 spiro atoms. The fourth-order valence-electron chi connectivity index (χ4n) is 6.93. The number of allylic oxidation sites excluding steroid dienone is 1. The van der Waals surface area contributed by atoms with Gasteiger partial charge in [-0.3, -0.25) is 0 Å². The fraction of sp³-hybridized carbons (Fsp3) is 0.885. The van der Waals surface area contributed by atoms with Gasteiger partial charge in [0.15, 0.2) is 0 Å². The second kappa shape index (κ2) is 10.4. The normalized spacial score (nSPS) is 33.4. The summed E-state index contributed by atoms with van der Waals surface area (Å²) >= 11 is 0. The molecule has 0 aromatic carbocycles. The van der Waals surface area contributed by atoms with Gasteiger partial charge in [0, 0.05) is 0 Å². The number of hydrogen-bond donors (Lipinski definition) is 1. The van der Waals surface area contributed by atoms with Gasteiger partial charge in [-0.05, 0) is 67.0 Å². The van der Waals surface area contributed by atoms with E-state index >= 15 is 0 Å². The van der Waals surface area contributed by atoms with Crippen molar-refractivity contribution in [1.29, 1.82) is 0 Å². The van der Waals surface area contributed by atoms with Gasteiger partial charge in [0.05, 0.1) is 6.54 Å². The third-order valence-electron chi connectivity index (χ3n) is 8.40. The van der Waals surface area contributed by atoms with E-state index in [0.717, 1.165) is 23.7 Å². The van der Waals surface area contributed by atoms with Crippen molar-refractivity contribution in [3.63, 3.8) is 0 Å². The van der Waals surface area contributed by atoms with Crippen LogP contribution in [0, 0.1) is 36.1 Å². The molecular formula is C26H43N. The Kier molecular flexibility index (Phi) is 7.61. The maximum absolute atomic E-state index is 3.84. The van der Waals surface area contributed by atoms with E-state index in [-0.39, 0.29) is 0 Å². The molecule has 1 aliphatic heterocycles. The molecule has 0 saturated heterocycles. The molecule has 2 unspecified atom stereocenters. The van der Waals surface area contributed by atoms with Gasteiger partial charge in [0.1, 0.15) is 0 Å². The van der Waals surface area contributed by atoms with Gasteiger partial charge in [-0.15, -0.1) is 0 Å². The van der Waals surface area contributed by atoms with Crippen LogP contribution in [0.4, 0.5) is 0 Å². The minimum Gasteiger partial charge on any atom is -0.381 e. The average Bonchev–Trinajstić information content (AvgIpc) is 3.23. The molecular weight excluding hydrogens is 326 g/mol. The highest BCUT2D eigenvalue weighted by Gasteiger charge is 2.41. The highest BCUT2D eigenvalue weighted by molar-refractivity contribution is 5.20. The van der Waals surface area contributed by atoms with E-state index in [9.17, 15) is 0 Å². The van der Waals surface area contributed by atoms with E-state index in [1.165, 1.54) is 116 Å². The van der Waals surface area contributed by atoms with Crippen LogP contribution in [0.25, 0.3) is 0 Å². The summed E-state index contributed by atoms with van der Waals surface area (Å²) < 4.78 is 0. The van der Waals surface area contributed by atoms with Crippen LogP contribution in [-0.4, -0.2) is 0 Å². The molecule has 2 radical (unpaired) electrons. The summed E-state index contributed by atoms with van der Waals surface area (Å²) in [6, 6.07) is 0. The maximum atomic E-state index is 3.84. The van der Waals surface area contributed by atoms with Gasteiger partial charge in [-0.1, -0.05) is 89.9 Å². The van der Waals surface area contributed by atoms with Crippen LogP contribution in [0.1, 0.15) is 116 Å². The van der Waals surface area contributed by atoms with Crippen LogP contribution in [0.2, 0.25) is 0 Å². The summed E-state index contributed by atoms with van der Waals surface area (Å²) in [6.45, 7) is 3.84. The summed E-state index contributed by atoms with van der Waals surface area (Å²) in [6.07, 6.45) is 28.9. The Morgan fingerprint density at radius 3 is 1.63 bits per heavy atom. The highest BCUT2D eigenvalue weighted by Crippen LogP contribution is 2.49. The zero-order valence-electron chi connectivity index (χ0n) is 17.7. The first-order chi connectivity index (χ1) is 13.4. The van der Waals surface area contributed by atoms with E-state index in [1.54, 1.807) is 0 Å². The van der Waals surface area contributed by atoms with Gasteiger partial charge >= 0.3 is 0 Å². The largest absolute Gasteiger partial charge is 0.381 e.